The summed E-state index contributed by atoms with van der Waals surface area (Å²) in [6, 6.07) is 15.1. The predicted octanol–water partition coefficient (Wildman–Crippen LogP) is 1.56. The van der Waals surface area contributed by atoms with Crippen LogP contribution in [0.5, 0.6) is 5.75 Å². The zero-order chi connectivity index (χ0) is 13.0. The van der Waals surface area contributed by atoms with E-state index in [4.69, 9.17) is 14.9 Å². The summed E-state index contributed by atoms with van der Waals surface area (Å²) in [5, 5.41) is 17.4. The maximum absolute atomic E-state index is 12.1. The van der Waals surface area contributed by atoms with Crippen LogP contribution in [-0.4, -0.2) is 22.5 Å². The van der Waals surface area contributed by atoms with Gasteiger partial charge in [0.15, 0.2) is 5.78 Å². The summed E-state index contributed by atoms with van der Waals surface area (Å²) < 4.78 is 4.70. The minimum Gasteiger partial charge on any atom is -0.442 e. The summed E-state index contributed by atoms with van der Waals surface area (Å²) in [6.45, 7) is -1.90. The van der Waals surface area contributed by atoms with Crippen LogP contribution >= 0.6 is 0 Å². The first-order valence-corrected chi connectivity index (χ1v) is 5.39. The predicted molar refractivity (Wildman–Crippen MR) is 65.2 cm³/mol. The van der Waals surface area contributed by atoms with E-state index >= 15 is 0 Å². The molecule has 0 amide bonds. The van der Waals surface area contributed by atoms with Gasteiger partial charge in [-0.2, -0.15) is 0 Å². The van der Waals surface area contributed by atoms with Crippen molar-refractivity contribution in [2.75, 3.05) is 0 Å². The summed E-state index contributed by atoms with van der Waals surface area (Å²) in [4.78, 5) is 12.1. The van der Waals surface area contributed by atoms with Gasteiger partial charge in [-0.15, -0.1) is 0 Å². The SMILES string of the molecule is O=C(c1ccccc1)c1cccc(OC(O)O)c1. The van der Waals surface area contributed by atoms with E-state index in [0.717, 1.165) is 0 Å². The molecule has 0 aliphatic rings. The Bertz CT molecular complexity index is 535. The molecule has 2 N–H and O–H groups in total. The van der Waals surface area contributed by atoms with Crippen LogP contribution in [-0.2, 0) is 0 Å². The van der Waals surface area contributed by atoms with Gasteiger partial charge in [0.2, 0.25) is 0 Å². The zero-order valence-corrected chi connectivity index (χ0v) is 9.48. The number of hydrogen-bond acceptors (Lipinski definition) is 4. The number of carbonyl (C=O) groups is 1. The molecule has 2 aromatic rings. The molecule has 0 aliphatic carbocycles. The Morgan fingerprint density at radius 1 is 0.944 bits per heavy atom. The molecule has 0 aliphatic heterocycles. The lowest BCUT2D eigenvalue weighted by Crippen LogP contribution is -2.13. The van der Waals surface area contributed by atoms with E-state index in [2.05, 4.69) is 0 Å². The number of ketones is 1. The second-order valence-electron chi connectivity index (χ2n) is 3.67. The van der Waals surface area contributed by atoms with Crippen LogP contribution in [0.2, 0.25) is 0 Å². The molecule has 2 rings (SSSR count). The third kappa shape index (κ3) is 2.94. The Morgan fingerprint density at radius 3 is 2.28 bits per heavy atom. The van der Waals surface area contributed by atoms with Crippen LogP contribution in [0.25, 0.3) is 0 Å². The van der Waals surface area contributed by atoms with Crippen molar-refractivity contribution in [3.63, 3.8) is 0 Å². The van der Waals surface area contributed by atoms with Crippen LogP contribution in [0.15, 0.2) is 54.6 Å². The molecule has 4 heteroatoms. The van der Waals surface area contributed by atoms with Crippen LogP contribution in [0, 0.1) is 0 Å². The summed E-state index contributed by atoms with van der Waals surface area (Å²) in [6.07, 6.45) is 0. The minimum atomic E-state index is -1.90. The lowest BCUT2D eigenvalue weighted by molar-refractivity contribution is -0.179. The van der Waals surface area contributed by atoms with E-state index in [1.807, 2.05) is 6.07 Å². The first kappa shape index (κ1) is 12.3. The number of hydrogen-bond donors (Lipinski definition) is 2. The quantitative estimate of drug-likeness (QED) is 0.632. The highest BCUT2D eigenvalue weighted by Gasteiger charge is 2.10. The Morgan fingerprint density at radius 2 is 1.61 bits per heavy atom. The summed E-state index contributed by atoms with van der Waals surface area (Å²) in [7, 11) is 0. The lowest BCUT2D eigenvalue weighted by Gasteiger charge is -2.08. The fraction of sp³-hybridized carbons (Fsp3) is 0.0714. The average molecular weight is 244 g/mol. The van der Waals surface area contributed by atoms with Crippen molar-refractivity contribution in [2.24, 2.45) is 0 Å². The molecule has 0 unspecified atom stereocenters. The van der Waals surface area contributed by atoms with Gasteiger partial charge in [0.25, 0.3) is 0 Å². The molecule has 0 fully saturated rings. The number of carbonyl (C=O) groups excluding carboxylic acids is 1. The summed E-state index contributed by atoms with van der Waals surface area (Å²) >= 11 is 0. The van der Waals surface area contributed by atoms with Gasteiger partial charge in [-0.25, -0.2) is 0 Å². The molecule has 0 bridgehead atoms. The third-order valence-electron chi connectivity index (χ3n) is 2.37. The molecule has 0 atom stereocenters. The molecule has 18 heavy (non-hydrogen) atoms. The Labute approximate surface area is 104 Å². The highest BCUT2D eigenvalue weighted by atomic mass is 16.7. The second-order valence-corrected chi connectivity index (χ2v) is 3.67. The van der Waals surface area contributed by atoms with Gasteiger partial charge in [0.05, 0.1) is 0 Å². The van der Waals surface area contributed by atoms with Crippen LogP contribution < -0.4 is 4.74 Å². The van der Waals surface area contributed by atoms with Gasteiger partial charge in [0, 0.05) is 11.1 Å². The van der Waals surface area contributed by atoms with E-state index in [9.17, 15) is 4.79 Å². The standard InChI is InChI=1S/C14H12O4/c15-13(10-5-2-1-3-6-10)11-7-4-8-12(9-11)18-14(16)17/h1-9,14,16-17H. The third-order valence-corrected chi connectivity index (χ3v) is 2.37. The van der Waals surface area contributed by atoms with Gasteiger partial charge >= 0.3 is 6.48 Å². The van der Waals surface area contributed by atoms with Crippen molar-refractivity contribution in [1.29, 1.82) is 0 Å². The Balaban J connectivity index is 2.26. The molecule has 0 saturated heterocycles. The lowest BCUT2D eigenvalue weighted by atomic mass is 10.0. The molecule has 0 radical (unpaired) electrons. The first-order chi connectivity index (χ1) is 8.66. The highest BCUT2D eigenvalue weighted by molar-refractivity contribution is 6.09. The van der Waals surface area contributed by atoms with Gasteiger partial charge < -0.3 is 14.9 Å². The van der Waals surface area contributed by atoms with Crippen molar-refractivity contribution in [3.05, 3.63) is 65.7 Å². The zero-order valence-electron chi connectivity index (χ0n) is 9.48. The van der Waals surface area contributed by atoms with E-state index in [-0.39, 0.29) is 11.5 Å². The molecular formula is C14H12O4. The topological polar surface area (TPSA) is 66.8 Å². The largest absolute Gasteiger partial charge is 0.442 e. The van der Waals surface area contributed by atoms with E-state index in [1.54, 1.807) is 42.5 Å². The van der Waals surface area contributed by atoms with Crippen molar-refractivity contribution < 1.29 is 19.7 Å². The van der Waals surface area contributed by atoms with Gasteiger partial charge in [0.1, 0.15) is 5.75 Å². The molecule has 2 aromatic carbocycles. The fourth-order valence-electron chi connectivity index (χ4n) is 1.59. The minimum absolute atomic E-state index is 0.145. The normalized spacial score (nSPS) is 10.4. The van der Waals surface area contributed by atoms with Crippen LogP contribution in [0.1, 0.15) is 15.9 Å². The molecule has 0 heterocycles. The monoisotopic (exact) mass is 244 g/mol. The molecule has 0 saturated carbocycles. The van der Waals surface area contributed by atoms with Gasteiger partial charge in [-0.05, 0) is 12.1 Å². The molecule has 0 spiro atoms. The van der Waals surface area contributed by atoms with Crippen molar-refractivity contribution in [2.45, 2.75) is 6.48 Å². The fourth-order valence-corrected chi connectivity index (χ4v) is 1.59. The highest BCUT2D eigenvalue weighted by Crippen LogP contribution is 2.17. The molecule has 4 nitrogen and oxygen atoms in total. The molecular weight excluding hydrogens is 232 g/mol. The van der Waals surface area contributed by atoms with Crippen LogP contribution in [0.4, 0.5) is 0 Å². The Kier molecular flexibility index (Phi) is 3.72. The number of ether oxygens (including phenoxy) is 1. The first-order valence-electron chi connectivity index (χ1n) is 5.39. The van der Waals surface area contributed by atoms with Crippen molar-refractivity contribution in [1.82, 2.24) is 0 Å². The Hall–Kier alpha value is -2.17. The number of benzene rings is 2. The second kappa shape index (κ2) is 5.44. The van der Waals surface area contributed by atoms with Crippen molar-refractivity contribution in [3.8, 4) is 5.75 Å². The number of aliphatic hydroxyl groups is 2. The summed E-state index contributed by atoms with van der Waals surface area (Å²) in [5.41, 5.74) is 0.999. The molecule has 0 aromatic heterocycles. The van der Waals surface area contributed by atoms with E-state index in [1.165, 1.54) is 6.07 Å². The van der Waals surface area contributed by atoms with Crippen LogP contribution in [0.3, 0.4) is 0 Å². The van der Waals surface area contributed by atoms with Gasteiger partial charge in [-0.3, -0.25) is 4.79 Å². The summed E-state index contributed by atoms with van der Waals surface area (Å²) in [5.74, 6) is 0.0836. The smallest absolute Gasteiger partial charge is 0.310 e. The number of aliphatic hydroxyl groups excluding tert-OH is 1. The van der Waals surface area contributed by atoms with E-state index in [0.29, 0.717) is 11.1 Å². The number of rotatable bonds is 4. The average Bonchev–Trinajstić information content (AvgIpc) is 2.38. The van der Waals surface area contributed by atoms with Gasteiger partial charge in [-0.1, -0.05) is 42.5 Å². The maximum atomic E-state index is 12.1. The maximum Gasteiger partial charge on any atom is 0.310 e. The van der Waals surface area contributed by atoms with Crippen molar-refractivity contribution >= 4 is 5.78 Å². The molecule has 92 valence electrons. The van der Waals surface area contributed by atoms with E-state index < -0.39 is 6.48 Å².